The zero-order valence-electron chi connectivity index (χ0n) is 11.2. The molecule has 0 amide bonds. The Morgan fingerprint density at radius 1 is 1.43 bits per heavy atom. The smallest absolute Gasteiger partial charge is 0.308 e. The number of H-pyrrole nitrogens is 1. The number of carboxylic acid groups (broad SMARTS) is 1. The van der Waals surface area contributed by atoms with Crippen LogP contribution in [0, 0.1) is 12.7 Å². The molecule has 1 aromatic carbocycles. The molecule has 2 N–H and O–H groups in total. The third kappa shape index (κ3) is 3.91. The fourth-order valence-corrected chi connectivity index (χ4v) is 2.61. The molecule has 5 nitrogen and oxygen atoms in total. The third-order valence-electron chi connectivity index (χ3n) is 2.80. The molecule has 0 fully saturated rings. The van der Waals surface area contributed by atoms with Gasteiger partial charge in [-0.2, -0.15) is 0 Å². The summed E-state index contributed by atoms with van der Waals surface area (Å²) >= 11 is 1.21. The number of carboxylic acids is 1. The van der Waals surface area contributed by atoms with Gasteiger partial charge in [0.05, 0.1) is 12.2 Å². The van der Waals surface area contributed by atoms with Crippen LogP contribution >= 0.6 is 11.8 Å². The third-order valence-corrected chi connectivity index (χ3v) is 3.86. The predicted octanol–water partition coefficient (Wildman–Crippen LogP) is 2.14. The van der Waals surface area contributed by atoms with Crippen molar-refractivity contribution in [3.8, 4) is 0 Å². The minimum absolute atomic E-state index is 0.141. The van der Waals surface area contributed by atoms with Crippen LogP contribution in [0.2, 0.25) is 0 Å². The number of nitrogens with one attached hydrogen (secondary N) is 1. The molecule has 2 rings (SSSR count). The van der Waals surface area contributed by atoms with Gasteiger partial charge in [0.15, 0.2) is 0 Å². The molecule has 1 aromatic heterocycles. The average Bonchev–Trinajstić information content (AvgIpc) is 2.42. The number of hydrogen-bond donors (Lipinski definition) is 2. The second-order valence-corrected chi connectivity index (χ2v) is 5.38. The molecule has 0 aliphatic rings. The first-order valence-corrected chi connectivity index (χ1v) is 7.13. The Morgan fingerprint density at radius 2 is 2.14 bits per heavy atom. The number of halogens is 1. The van der Waals surface area contributed by atoms with E-state index < -0.39 is 11.5 Å². The normalized spacial score (nSPS) is 10.6. The first-order valence-electron chi connectivity index (χ1n) is 6.15. The van der Waals surface area contributed by atoms with Crippen LogP contribution in [0.25, 0.3) is 0 Å². The number of aryl methyl sites for hydroxylation is 1. The van der Waals surface area contributed by atoms with Gasteiger partial charge < -0.3 is 10.1 Å². The van der Waals surface area contributed by atoms with Gasteiger partial charge in [-0.1, -0.05) is 12.1 Å². The fraction of sp³-hybridized carbons (Fsp3) is 0.214. The molecule has 0 radical (unpaired) electrons. The molecule has 0 bridgehead atoms. The van der Waals surface area contributed by atoms with Gasteiger partial charge in [-0.25, -0.2) is 9.37 Å². The number of benzene rings is 1. The fourth-order valence-electron chi connectivity index (χ4n) is 1.80. The second-order valence-electron chi connectivity index (χ2n) is 4.37. The van der Waals surface area contributed by atoms with Crippen molar-refractivity contribution in [3.63, 3.8) is 0 Å². The second kappa shape index (κ2) is 6.53. The summed E-state index contributed by atoms with van der Waals surface area (Å²) in [7, 11) is 0. The standard InChI is InChI=1S/C14H13FN2O3S/c1-8-9(6-13(18)19)14(20)17-12(16-8)7-21-11-5-3-2-4-10(11)15/h2-5H,6-7H2,1H3,(H,18,19)(H,16,17,20). The first kappa shape index (κ1) is 15.2. The van der Waals surface area contributed by atoms with E-state index in [0.717, 1.165) is 0 Å². The van der Waals surface area contributed by atoms with Crippen molar-refractivity contribution in [1.29, 1.82) is 0 Å². The van der Waals surface area contributed by atoms with E-state index >= 15 is 0 Å². The van der Waals surface area contributed by atoms with E-state index in [9.17, 15) is 14.0 Å². The van der Waals surface area contributed by atoms with E-state index in [0.29, 0.717) is 22.2 Å². The van der Waals surface area contributed by atoms with Crippen LogP contribution in [0.5, 0.6) is 0 Å². The Bertz CT molecular complexity index is 730. The number of hydrogen-bond acceptors (Lipinski definition) is 4. The Balaban J connectivity index is 2.17. The number of carbonyl (C=O) groups is 1. The monoisotopic (exact) mass is 308 g/mol. The minimum Gasteiger partial charge on any atom is -0.481 e. The van der Waals surface area contributed by atoms with Crippen LogP contribution in [-0.4, -0.2) is 21.0 Å². The number of nitrogens with zero attached hydrogens (tertiary/aromatic N) is 1. The molecular formula is C14H13FN2O3S. The van der Waals surface area contributed by atoms with Gasteiger partial charge >= 0.3 is 5.97 Å². The molecule has 7 heteroatoms. The zero-order valence-corrected chi connectivity index (χ0v) is 12.0. The molecule has 0 unspecified atom stereocenters. The van der Waals surface area contributed by atoms with E-state index in [1.165, 1.54) is 17.8 Å². The molecule has 0 spiro atoms. The lowest BCUT2D eigenvalue weighted by Crippen LogP contribution is -2.21. The highest BCUT2D eigenvalue weighted by atomic mass is 32.2. The largest absolute Gasteiger partial charge is 0.481 e. The summed E-state index contributed by atoms with van der Waals surface area (Å²) in [5.74, 6) is -0.729. The molecule has 0 aliphatic carbocycles. The lowest BCUT2D eigenvalue weighted by atomic mass is 10.2. The molecule has 0 atom stereocenters. The number of aromatic amines is 1. The molecule has 0 saturated heterocycles. The van der Waals surface area contributed by atoms with Crippen molar-refractivity contribution in [1.82, 2.24) is 9.97 Å². The van der Waals surface area contributed by atoms with Gasteiger partial charge in [0.1, 0.15) is 11.6 Å². The Hall–Kier alpha value is -2.15. The van der Waals surface area contributed by atoms with Gasteiger partial charge in [-0.05, 0) is 19.1 Å². The topological polar surface area (TPSA) is 83.0 Å². The maximum Gasteiger partial charge on any atom is 0.308 e. The highest BCUT2D eigenvalue weighted by Gasteiger charge is 2.12. The summed E-state index contributed by atoms with van der Waals surface area (Å²) in [6.45, 7) is 1.59. The SMILES string of the molecule is Cc1nc(CSc2ccccc2F)[nH]c(=O)c1CC(=O)O. The summed E-state index contributed by atoms with van der Waals surface area (Å²) in [6, 6.07) is 6.33. The first-order chi connectivity index (χ1) is 9.97. The van der Waals surface area contributed by atoms with Crippen LogP contribution in [-0.2, 0) is 17.0 Å². The van der Waals surface area contributed by atoms with Crippen LogP contribution in [0.3, 0.4) is 0 Å². The van der Waals surface area contributed by atoms with E-state index in [-0.39, 0.29) is 17.8 Å². The van der Waals surface area contributed by atoms with Crippen LogP contribution in [0.4, 0.5) is 4.39 Å². The molecule has 110 valence electrons. The predicted molar refractivity (Wildman–Crippen MR) is 76.9 cm³/mol. The Kier molecular flexibility index (Phi) is 4.74. The van der Waals surface area contributed by atoms with Crippen molar-refractivity contribution in [3.05, 3.63) is 57.5 Å². The molecule has 0 aliphatic heterocycles. The number of aliphatic carboxylic acids is 1. The zero-order chi connectivity index (χ0) is 15.4. The van der Waals surface area contributed by atoms with Gasteiger partial charge in [0, 0.05) is 16.2 Å². The maximum absolute atomic E-state index is 13.5. The molecular weight excluding hydrogens is 295 g/mol. The molecule has 2 aromatic rings. The number of rotatable bonds is 5. The van der Waals surface area contributed by atoms with Crippen LogP contribution in [0.1, 0.15) is 17.1 Å². The van der Waals surface area contributed by atoms with E-state index in [4.69, 9.17) is 5.11 Å². The average molecular weight is 308 g/mol. The lowest BCUT2D eigenvalue weighted by Gasteiger charge is -2.06. The van der Waals surface area contributed by atoms with Crippen molar-refractivity contribution >= 4 is 17.7 Å². The summed E-state index contributed by atoms with van der Waals surface area (Å²) in [5, 5.41) is 8.74. The molecule has 1 heterocycles. The van der Waals surface area contributed by atoms with Gasteiger partial charge in [-0.15, -0.1) is 11.8 Å². The van der Waals surface area contributed by atoms with E-state index in [2.05, 4.69) is 9.97 Å². The summed E-state index contributed by atoms with van der Waals surface area (Å²) in [5.41, 5.74) is 0.0569. The Morgan fingerprint density at radius 3 is 2.76 bits per heavy atom. The van der Waals surface area contributed by atoms with Crippen molar-refractivity contribution in [2.75, 3.05) is 0 Å². The highest BCUT2D eigenvalue weighted by Crippen LogP contribution is 2.23. The van der Waals surface area contributed by atoms with Gasteiger partial charge in [-0.3, -0.25) is 9.59 Å². The maximum atomic E-state index is 13.5. The lowest BCUT2D eigenvalue weighted by molar-refractivity contribution is -0.136. The van der Waals surface area contributed by atoms with Crippen LogP contribution < -0.4 is 5.56 Å². The molecule has 21 heavy (non-hydrogen) atoms. The van der Waals surface area contributed by atoms with E-state index in [1.54, 1.807) is 25.1 Å². The quantitative estimate of drug-likeness (QED) is 0.827. The van der Waals surface area contributed by atoms with Crippen molar-refractivity contribution in [2.24, 2.45) is 0 Å². The van der Waals surface area contributed by atoms with Crippen LogP contribution in [0.15, 0.2) is 34.0 Å². The van der Waals surface area contributed by atoms with Crippen molar-refractivity contribution in [2.45, 2.75) is 24.0 Å². The summed E-state index contributed by atoms with van der Waals surface area (Å²) in [4.78, 5) is 29.7. The van der Waals surface area contributed by atoms with Crippen molar-refractivity contribution < 1.29 is 14.3 Å². The molecule has 0 saturated carbocycles. The number of aromatic nitrogens is 2. The summed E-state index contributed by atoms with van der Waals surface area (Å²) in [6.07, 6.45) is -0.366. The minimum atomic E-state index is -1.08. The van der Waals surface area contributed by atoms with Gasteiger partial charge in [0.25, 0.3) is 5.56 Å². The van der Waals surface area contributed by atoms with Gasteiger partial charge in [0.2, 0.25) is 0 Å². The summed E-state index contributed by atoms with van der Waals surface area (Å²) < 4.78 is 13.5. The highest BCUT2D eigenvalue weighted by molar-refractivity contribution is 7.98. The Labute approximate surface area is 124 Å². The number of thioether (sulfide) groups is 1. The van der Waals surface area contributed by atoms with E-state index in [1.807, 2.05) is 0 Å².